The summed E-state index contributed by atoms with van der Waals surface area (Å²) in [5.41, 5.74) is 5.74. The van der Waals surface area contributed by atoms with Crippen LogP contribution in [0.3, 0.4) is 0 Å². The minimum absolute atomic E-state index is 0. The summed E-state index contributed by atoms with van der Waals surface area (Å²) in [6.07, 6.45) is 1.17. The molecule has 0 heterocycles. The molecule has 0 saturated carbocycles. The first kappa shape index (κ1) is 19.3. The maximum absolute atomic E-state index is 5.74. The molecule has 0 amide bonds. The van der Waals surface area contributed by atoms with Crippen molar-refractivity contribution in [2.24, 2.45) is 16.6 Å². The lowest BCUT2D eigenvalue weighted by Crippen LogP contribution is -2.40. The van der Waals surface area contributed by atoms with Crippen molar-refractivity contribution in [1.82, 2.24) is 10.2 Å². The molecule has 0 bridgehead atoms. The zero-order chi connectivity index (χ0) is 12.6. The van der Waals surface area contributed by atoms with Crippen LogP contribution in [0.5, 0.6) is 0 Å². The van der Waals surface area contributed by atoms with Crippen molar-refractivity contribution in [3.8, 4) is 0 Å². The molecule has 3 N–H and O–H groups in total. The second kappa shape index (κ2) is 11.1. The van der Waals surface area contributed by atoms with E-state index in [1.807, 2.05) is 0 Å². The normalized spacial score (nSPS) is 13.7. The molecule has 4 nitrogen and oxygen atoms in total. The van der Waals surface area contributed by atoms with Crippen LogP contribution in [0.1, 0.15) is 34.1 Å². The number of nitrogens with two attached hydrogens (primary N) is 1. The fraction of sp³-hybridized carbons (Fsp3) is 0.917. The van der Waals surface area contributed by atoms with Gasteiger partial charge in [0.2, 0.25) is 0 Å². The zero-order valence-electron chi connectivity index (χ0n) is 11.9. The highest BCUT2D eigenvalue weighted by Crippen LogP contribution is 1.98. The molecule has 1 atom stereocenters. The van der Waals surface area contributed by atoms with Crippen LogP contribution in [0.25, 0.3) is 0 Å². The Kier molecular flexibility index (Phi) is 12.6. The van der Waals surface area contributed by atoms with Crippen molar-refractivity contribution in [3.63, 3.8) is 0 Å². The zero-order valence-corrected chi connectivity index (χ0v) is 14.2. The van der Waals surface area contributed by atoms with Gasteiger partial charge in [0.1, 0.15) is 0 Å². The third-order valence-corrected chi connectivity index (χ3v) is 2.74. The monoisotopic (exact) mass is 356 g/mol. The lowest BCUT2D eigenvalue weighted by atomic mass is 10.2. The quantitative estimate of drug-likeness (QED) is 0.416. The van der Waals surface area contributed by atoms with E-state index in [9.17, 15) is 0 Å². The SMILES string of the molecule is CCC(C)N(C)CCNC(N)=NCC(C)C.I. The fourth-order valence-corrected chi connectivity index (χ4v) is 1.23. The molecule has 0 saturated heterocycles. The van der Waals surface area contributed by atoms with Gasteiger partial charge in [-0.3, -0.25) is 4.99 Å². The van der Waals surface area contributed by atoms with Gasteiger partial charge >= 0.3 is 0 Å². The Hall–Kier alpha value is -0.0400. The molecule has 0 radical (unpaired) electrons. The van der Waals surface area contributed by atoms with E-state index in [1.54, 1.807) is 0 Å². The van der Waals surface area contributed by atoms with E-state index in [2.05, 4.69) is 50.0 Å². The van der Waals surface area contributed by atoms with E-state index in [4.69, 9.17) is 5.73 Å². The Morgan fingerprint density at radius 3 is 2.41 bits per heavy atom. The van der Waals surface area contributed by atoms with Crippen molar-refractivity contribution in [1.29, 1.82) is 0 Å². The fourth-order valence-electron chi connectivity index (χ4n) is 1.23. The van der Waals surface area contributed by atoms with Crippen molar-refractivity contribution in [2.75, 3.05) is 26.7 Å². The molecule has 0 rings (SSSR count). The highest BCUT2D eigenvalue weighted by atomic mass is 127. The summed E-state index contributed by atoms with van der Waals surface area (Å²) >= 11 is 0. The van der Waals surface area contributed by atoms with Gasteiger partial charge in [0.25, 0.3) is 0 Å². The minimum atomic E-state index is 0. The van der Waals surface area contributed by atoms with Crippen LogP contribution in [0, 0.1) is 5.92 Å². The Labute approximate surface area is 123 Å². The van der Waals surface area contributed by atoms with Gasteiger partial charge in [0.15, 0.2) is 5.96 Å². The molecule has 17 heavy (non-hydrogen) atoms. The van der Waals surface area contributed by atoms with Crippen LogP contribution in [0.2, 0.25) is 0 Å². The second-order valence-corrected chi connectivity index (χ2v) is 4.78. The van der Waals surface area contributed by atoms with E-state index in [0.717, 1.165) is 19.6 Å². The van der Waals surface area contributed by atoms with Crippen LogP contribution >= 0.6 is 24.0 Å². The molecule has 1 unspecified atom stereocenters. The summed E-state index contributed by atoms with van der Waals surface area (Å²) in [6, 6.07) is 0.621. The first-order valence-corrected chi connectivity index (χ1v) is 6.21. The number of aliphatic imine (C=N–C) groups is 1. The van der Waals surface area contributed by atoms with E-state index in [-0.39, 0.29) is 24.0 Å². The van der Waals surface area contributed by atoms with Gasteiger partial charge < -0.3 is 16.0 Å². The first-order valence-electron chi connectivity index (χ1n) is 6.21. The Balaban J connectivity index is 0. The van der Waals surface area contributed by atoms with Gasteiger partial charge in [-0.1, -0.05) is 20.8 Å². The molecule has 0 spiro atoms. The Morgan fingerprint density at radius 2 is 1.94 bits per heavy atom. The van der Waals surface area contributed by atoms with E-state index in [1.165, 1.54) is 6.42 Å². The summed E-state index contributed by atoms with van der Waals surface area (Å²) in [7, 11) is 2.14. The maximum atomic E-state index is 5.74. The highest BCUT2D eigenvalue weighted by Gasteiger charge is 2.05. The van der Waals surface area contributed by atoms with Crippen molar-refractivity contribution >= 4 is 29.9 Å². The summed E-state index contributed by atoms with van der Waals surface area (Å²) < 4.78 is 0. The van der Waals surface area contributed by atoms with Crippen molar-refractivity contribution < 1.29 is 0 Å². The van der Waals surface area contributed by atoms with Gasteiger partial charge in [0, 0.05) is 25.7 Å². The molecule has 0 aromatic carbocycles. The van der Waals surface area contributed by atoms with Crippen LogP contribution in [-0.2, 0) is 0 Å². The van der Waals surface area contributed by atoms with Crippen LogP contribution in [-0.4, -0.2) is 43.6 Å². The Bertz CT molecular complexity index is 207. The van der Waals surface area contributed by atoms with Crippen molar-refractivity contribution in [2.45, 2.75) is 40.2 Å². The average molecular weight is 356 g/mol. The number of hydrogen-bond acceptors (Lipinski definition) is 2. The van der Waals surface area contributed by atoms with E-state index in [0.29, 0.717) is 17.9 Å². The maximum Gasteiger partial charge on any atom is 0.188 e. The number of nitrogens with zero attached hydrogens (tertiary/aromatic N) is 2. The second-order valence-electron chi connectivity index (χ2n) is 4.78. The lowest BCUT2D eigenvalue weighted by Gasteiger charge is -2.23. The Morgan fingerprint density at radius 1 is 1.35 bits per heavy atom. The number of hydrogen-bond donors (Lipinski definition) is 2. The molecule has 5 heteroatoms. The highest BCUT2D eigenvalue weighted by molar-refractivity contribution is 14.0. The molecule has 0 aliphatic carbocycles. The molecule has 0 aromatic rings. The van der Waals surface area contributed by atoms with Crippen molar-refractivity contribution in [3.05, 3.63) is 0 Å². The van der Waals surface area contributed by atoms with E-state index < -0.39 is 0 Å². The van der Waals surface area contributed by atoms with Crippen LogP contribution < -0.4 is 11.1 Å². The largest absolute Gasteiger partial charge is 0.370 e. The summed E-state index contributed by atoms with van der Waals surface area (Å²) in [6.45, 7) is 11.3. The first-order chi connectivity index (χ1) is 7.47. The van der Waals surface area contributed by atoms with Gasteiger partial charge in [0.05, 0.1) is 0 Å². The summed E-state index contributed by atoms with van der Waals surface area (Å²) in [4.78, 5) is 6.57. The smallest absolute Gasteiger partial charge is 0.188 e. The molecule has 0 fully saturated rings. The average Bonchev–Trinajstić information content (AvgIpc) is 2.24. The third kappa shape index (κ3) is 10.8. The molecular weight excluding hydrogens is 327 g/mol. The van der Waals surface area contributed by atoms with Crippen LogP contribution in [0.4, 0.5) is 0 Å². The lowest BCUT2D eigenvalue weighted by molar-refractivity contribution is 0.256. The standard InChI is InChI=1S/C12H28N4.HI/c1-6-11(4)16(5)8-7-14-12(13)15-9-10(2)3;/h10-11H,6-9H2,1-5H3,(H3,13,14,15);1H. The number of rotatable bonds is 7. The van der Waals surface area contributed by atoms with E-state index >= 15 is 0 Å². The number of guanidine groups is 1. The topological polar surface area (TPSA) is 53.6 Å². The predicted octanol–water partition coefficient (Wildman–Crippen LogP) is 1.90. The predicted molar refractivity (Wildman–Crippen MR) is 87.1 cm³/mol. The van der Waals surface area contributed by atoms with Gasteiger partial charge in [-0.25, -0.2) is 0 Å². The number of likely N-dealkylation sites (N-methyl/N-ethyl adjacent to an activating group) is 1. The molecular formula is C12H29IN4. The van der Waals surface area contributed by atoms with Gasteiger partial charge in [-0.2, -0.15) is 0 Å². The molecule has 0 aliphatic heterocycles. The number of nitrogens with one attached hydrogen (secondary N) is 1. The number of halogens is 1. The minimum Gasteiger partial charge on any atom is -0.370 e. The van der Waals surface area contributed by atoms with Crippen LogP contribution in [0.15, 0.2) is 4.99 Å². The van der Waals surface area contributed by atoms with Gasteiger partial charge in [-0.05, 0) is 26.3 Å². The molecule has 0 aromatic heterocycles. The van der Waals surface area contributed by atoms with Gasteiger partial charge in [-0.15, -0.1) is 24.0 Å². The molecule has 0 aliphatic rings. The third-order valence-electron chi connectivity index (χ3n) is 2.74. The summed E-state index contributed by atoms with van der Waals surface area (Å²) in [5.74, 6) is 1.12. The molecule has 104 valence electrons. The summed E-state index contributed by atoms with van der Waals surface area (Å²) in [5, 5.41) is 3.13.